The monoisotopic (exact) mass is 398 g/mol. The summed E-state index contributed by atoms with van der Waals surface area (Å²) in [6.07, 6.45) is 0.631. The quantitative estimate of drug-likeness (QED) is 0.598. The van der Waals surface area contributed by atoms with E-state index in [4.69, 9.17) is 13.9 Å². The molecule has 1 heterocycles. The first-order valence-electron chi connectivity index (χ1n) is 9.81. The van der Waals surface area contributed by atoms with Gasteiger partial charge in [-0.15, -0.1) is 0 Å². The average molecular weight is 398 g/mol. The van der Waals surface area contributed by atoms with Crippen LogP contribution in [0, 0.1) is 0 Å². The van der Waals surface area contributed by atoms with E-state index in [1.54, 1.807) is 31.2 Å². The van der Waals surface area contributed by atoms with Crippen molar-refractivity contribution in [2.24, 2.45) is 0 Å². The Morgan fingerprint density at radius 2 is 1.83 bits per heavy atom. The number of fused-ring (bicyclic) bond motifs is 1. The van der Waals surface area contributed by atoms with Crippen LogP contribution in [0.1, 0.15) is 32.4 Å². The van der Waals surface area contributed by atoms with Crippen molar-refractivity contribution in [2.75, 3.05) is 19.8 Å². The maximum atomic E-state index is 12.6. The van der Waals surface area contributed by atoms with E-state index in [0.717, 1.165) is 5.56 Å². The lowest BCUT2D eigenvalue weighted by Gasteiger charge is -2.14. The van der Waals surface area contributed by atoms with Crippen LogP contribution in [0.3, 0.4) is 0 Å². The highest BCUT2D eigenvalue weighted by atomic mass is 16.5. The Bertz CT molecular complexity index is 1040. The third-order valence-corrected chi connectivity index (χ3v) is 4.61. The van der Waals surface area contributed by atoms with Crippen LogP contribution < -0.4 is 20.5 Å². The first kappa shape index (κ1) is 20.5. The van der Waals surface area contributed by atoms with E-state index in [2.05, 4.69) is 5.32 Å². The molecule has 3 aromatic rings. The van der Waals surface area contributed by atoms with Crippen LogP contribution in [0.5, 0.6) is 11.5 Å². The van der Waals surface area contributed by atoms with Crippen molar-refractivity contribution in [3.05, 3.63) is 58.6 Å². The van der Waals surface area contributed by atoms with Crippen LogP contribution in [0.2, 0.25) is 0 Å². The number of benzene rings is 2. The Morgan fingerprint density at radius 3 is 2.59 bits per heavy atom. The van der Waals surface area contributed by atoms with E-state index < -0.39 is 11.8 Å². The highest BCUT2D eigenvalue weighted by molar-refractivity contribution is 5.82. The Morgan fingerprint density at radius 1 is 1.10 bits per heavy atom. The van der Waals surface area contributed by atoms with Crippen LogP contribution in [0.15, 0.2) is 51.7 Å². The minimum absolute atomic E-state index is 0.241. The molecule has 1 N–H and O–H groups in total. The lowest BCUT2D eigenvalue weighted by molar-refractivity contribution is -0.123. The molecule has 0 aliphatic carbocycles. The molecule has 154 valence electrons. The highest BCUT2D eigenvalue weighted by Gasteiger charge is 2.20. The van der Waals surface area contributed by atoms with E-state index in [9.17, 15) is 9.59 Å². The Kier molecular flexibility index (Phi) is 6.59. The number of para-hydroxylation sites is 2. The van der Waals surface area contributed by atoms with Gasteiger partial charge >= 0.3 is 5.76 Å². The number of aromatic nitrogens is 1. The molecule has 1 atom stereocenters. The van der Waals surface area contributed by atoms with Crippen molar-refractivity contribution in [2.45, 2.75) is 33.2 Å². The number of oxazole rings is 1. The van der Waals surface area contributed by atoms with Crippen LogP contribution in [-0.2, 0) is 11.2 Å². The molecular formula is C22H26N2O5. The van der Waals surface area contributed by atoms with E-state index in [1.807, 2.05) is 32.0 Å². The van der Waals surface area contributed by atoms with Crippen molar-refractivity contribution in [3.63, 3.8) is 0 Å². The number of hydrogen-bond acceptors (Lipinski definition) is 5. The molecule has 0 spiro atoms. The zero-order valence-corrected chi connectivity index (χ0v) is 16.9. The van der Waals surface area contributed by atoms with E-state index in [-0.39, 0.29) is 5.91 Å². The third-order valence-electron chi connectivity index (χ3n) is 4.61. The molecule has 0 bridgehead atoms. The molecule has 1 unspecified atom stereocenters. The summed E-state index contributed by atoms with van der Waals surface area (Å²) >= 11 is 0. The number of nitrogens with one attached hydrogen (secondary N) is 1. The zero-order valence-electron chi connectivity index (χ0n) is 16.9. The number of carbonyl (C=O) groups is 1. The van der Waals surface area contributed by atoms with Crippen molar-refractivity contribution < 1.29 is 18.7 Å². The summed E-state index contributed by atoms with van der Waals surface area (Å²) in [5.74, 6) is 0.626. The van der Waals surface area contributed by atoms with Gasteiger partial charge in [0.2, 0.25) is 5.91 Å². The first-order valence-corrected chi connectivity index (χ1v) is 9.81. The Hall–Kier alpha value is -3.22. The molecule has 7 heteroatoms. The van der Waals surface area contributed by atoms with Gasteiger partial charge in [0.05, 0.1) is 18.7 Å². The molecule has 7 nitrogen and oxygen atoms in total. The van der Waals surface area contributed by atoms with Crippen LogP contribution in [0.25, 0.3) is 11.1 Å². The topological polar surface area (TPSA) is 82.7 Å². The maximum absolute atomic E-state index is 12.6. The number of amides is 1. The number of nitrogens with zero attached hydrogens (tertiary/aromatic N) is 1. The molecule has 1 amide bonds. The molecule has 1 aromatic heterocycles. The fourth-order valence-electron chi connectivity index (χ4n) is 3.20. The van der Waals surface area contributed by atoms with Gasteiger partial charge in [0, 0.05) is 6.54 Å². The summed E-state index contributed by atoms with van der Waals surface area (Å²) in [6.45, 7) is 7.08. The second-order valence-corrected chi connectivity index (χ2v) is 6.57. The van der Waals surface area contributed by atoms with E-state index >= 15 is 0 Å². The fourth-order valence-corrected chi connectivity index (χ4v) is 3.20. The molecule has 2 aromatic carbocycles. The lowest BCUT2D eigenvalue weighted by atomic mass is 10.1. The number of hydrogen-bond donors (Lipinski definition) is 1. The number of ether oxygens (including phenoxy) is 2. The molecule has 3 rings (SSSR count). The molecule has 0 aliphatic heterocycles. The largest absolute Gasteiger partial charge is 0.490 e. The third kappa shape index (κ3) is 4.62. The smallest absolute Gasteiger partial charge is 0.420 e. The first-order chi connectivity index (χ1) is 14.0. The lowest BCUT2D eigenvalue weighted by Crippen LogP contribution is -2.35. The summed E-state index contributed by atoms with van der Waals surface area (Å²) in [7, 11) is 0. The van der Waals surface area contributed by atoms with Gasteiger partial charge in [0.25, 0.3) is 0 Å². The van der Waals surface area contributed by atoms with Gasteiger partial charge in [-0.05, 0) is 57.0 Å². The molecule has 0 aliphatic rings. The van der Waals surface area contributed by atoms with Crippen molar-refractivity contribution in [1.82, 2.24) is 9.88 Å². The second-order valence-electron chi connectivity index (χ2n) is 6.57. The summed E-state index contributed by atoms with van der Waals surface area (Å²) in [4.78, 5) is 24.7. The summed E-state index contributed by atoms with van der Waals surface area (Å²) in [5.41, 5.74) is 2.10. The van der Waals surface area contributed by atoms with Gasteiger partial charge in [-0.3, -0.25) is 9.36 Å². The number of rotatable bonds is 9. The normalized spacial score (nSPS) is 12.0. The molecule has 0 radical (unpaired) electrons. The van der Waals surface area contributed by atoms with Gasteiger partial charge in [0.1, 0.15) is 6.04 Å². The van der Waals surface area contributed by atoms with Gasteiger partial charge in [-0.25, -0.2) is 4.79 Å². The summed E-state index contributed by atoms with van der Waals surface area (Å²) < 4.78 is 17.8. The van der Waals surface area contributed by atoms with Gasteiger partial charge in [-0.2, -0.15) is 0 Å². The van der Waals surface area contributed by atoms with Gasteiger partial charge in [0.15, 0.2) is 17.1 Å². The second kappa shape index (κ2) is 9.32. The maximum Gasteiger partial charge on any atom is 0.420 e. The minimum Gasteiger partial charge on any atom is -0.490 e. The van der Waals surface area contributed by atoms with Crippen molar-refractivity contribution in [1.29, 1.82) is 0 Å². The van der Waals surface area contributed by atoms with Gasteiger partial charge in [-0.1, -0.05) is 18.2 Å². The van der Waals surface area contributed by atoms with Crippen LogP contribution >= 0.6 is 0 Å². The Balaban J connectivity index is 1.64. The zero-order chi connectivity index (χ0) is 20.8. The fraction of sp³-hybridized carbons (Fsp3) is 0.364. The Labute approximate surface area is 169 Å². The van der Waals surface area contributed by atoms with E-state index in [1.165, 1.54) is 4.57 Å². The average Bonchev–Trinajstić information content (AvgIpc) is 3.05. The van der Waals surface area contributed by atoms with Gasteiger partial charge < -0.3 is 19.2 Å². The predicted molar refractivity (Wildman–Crippen MR) is 111 cm³/mol. The van der Waals surface area contributed by atoms with E-state index in [0.29, 0.717) is 48.8 Å². The number of carbonyl (C=O) groups excluding carboxylic acids is 1. The van der Waals surface area contributed by atoms with Crippen LogP contribution in [0.4, 0.5) is 0 Å². The molecule has 0 fully saturated rings. The molecular weight excluding hydrogens is 372 g/mol. The SMILES string of the molecule is CCOc1ccc(CCNC(=O)C(C)n2c(=O)oc3ccccc32)cc1OCC. The summed E-state index contributed by atoms with van der Waals surface area (Å²) in [6, 6.07) is 12.2. The molecule has 29 heavy (non-hydrogen) atoms. The standard InChI is InChI=1S/C22H26N2O5/c1-4-27-19-11-10-16(14-20(19)28-5-2)12-13-23-21(25)15(3)24-17-8-6-7-9-18(17)29-22(24)26/h6-11,14-15H,4-5,12-13H2,1-3H3,(H,23,25). The molecule has 0 saturated heterocycles. The summed E-state index contributed by atoms with van der Waals surface area (Å²) in [5, 5.41) is 2.89. The molecule has 0 saturated carbocycles. The van der Waals surface area contributed by atoms with Crippen LogP contribution in [-0.4, -0.2) is 30.2 Å². The minimum atomic E-state index is -0.675. The van der Waals surface area contributed by atoms with Crippen molar-refractivity contribution in [3.8, 4) is 11.5 Å². The highest BCUT2D eigenvalue weighted by Crippen LogP contribution is 2.28. The predicted octanol–water partition coefficient (Wildman–Crippen LogP) is 3.31. The van der Waals surface area contributed by atoms with Crippen molar-refractivity contribution >= 4 is 17.0 Å².